The molecule has 0 atom stereocenters. The van der Waals surface area contributed by atoms with Gasteiger partial charge in [0.2, 0.25) is 0 Å². The predicted molar refractivity (Wildman–Crippen MR) is 86.3 cm³/mol. The molecule has 6 nitrogen and oxygen atoms in total. The lowest BCUT2D eigenvalue weighted by molar-refractivity contribution is 0.0934. The molecule has 3 rings (SSSR count). The van der Waals surface area contributed by atoms with Crippen LogP contribution in [-0.2, 0) is 0 Å². The van der Waals surface area contributed by atoms with Gasteiger partial charge in [-0.2, -0.15) is 0 Å². The van der Waals surface area contributed by atoms with Crippen LogP contribution in [0.15, 0.2) is 18.6 Å². The Morgan fingerprint density at radius 1 is 1.32 bits per heavy atom. The zero-order chi connectivity index (χ0) is 15.5. The number of piperidine rings is 1. The van der Waals surface area contributed by atoms with E-state index in [1.54, 1.807) is 18.6 Å². The molecule has 1 N–H and O–H groups in total. The minimum absolute atomic E-state index is 0.000975. The highest BCUT2D eigenvalue weighted by molar-refractivity contribution is 7.13. The number of thiazole rings is 1. The summed E-state index contributed by atoms with van der Waals surface area (Å²) in [5.41, 5.74) is 0.817. The highest BCUT2D eigenvalue weighted by atomic mass is 32.1. The Bertz CT molecular complexity index is 649. The summed E-state index contributed by atoms with van der Waals surface area (Å²) in [5, 5.41) is 4.06. The van der Waals surface area contributed by atoms with Gasteiger partial charge in [0, 0.05) is 31.5 Å². The number of carbonyl (C=O) groups excluding carboxylic acids is 1. The standard InChI is InChI=1S/C15H19N5OS/c1-10-14(22-11(2)18-10)15(21)19-12-3-7-20(8-4-12)13-9-16-5-6-17-13/h5-6,9,12H,3-4,7-8H2,1-2H3,(H,19,21). The zero-order valence-corrected chi connectivity index (χ0v) is 13.6. The van der Waals surface area contributed by atoms with E-state index >= 15 is 0 Å². The van der Waals surface area contributed by atoms with Gasteiger partial charge in [-0.15, -0.1) is 11.3 Å². The Morgan fingerprint density at radius 3 is 2.68 bits per heavy atom. The van der Waals surface area contributed by atoms with Crippen molar-refractivity contribution in [3.05, 3.63) is 34.2 Å². The van der Waals surface area contributed by atoms with Gasteiger partial charge in [0.05, 0.1) is 16.9 Å². The molecule has 0 saturated carbocycles. The van der Waals surface area contributed by atoms with Crippen LogP contribution < -0.4 is 10.2 Å². The minimum Gasteiger partial charge on any atom is -0.355 e. The molecule has 0 unspecified atom stereocenters. The van der Waals surface area contributed by atoms with Gasteiger partial charge in [-0.3, -0.25) is 9.78 Å². The molecule has 3 heterocycles. The van der Waals surface area contributed by atoms with Crippen LogP contribution in [0.1, 0.15) is 33.2 Å². The Hall–Kier alpha value is -2.02. The van der Waals surface area contributed by atoms with Crippen LogP contribution in [0.3, 0.4) is 0 Å². The summed E-state index contributed by atoms with van der Waals surface area (Å²) in [7, 11) is 0. The maximum Gasteiger partial charge on any atom is 0.263 e. The largest absolute Gasteiger partial charge is 0.355 e. The van der Waals surface area contributed by atoms with Crippen molar-refractivity contribution < 1.29 is 4.79 Å². The molecule has 22 heavy (non-hydrogen) atoms. The summed E-state index contributed by atoms with van der Waals surface area (Å²) in [6.45, 7) is 5.57. The number of nitrogens with zero attached hydrogens (tertiary/aromatic N) is 4. The van der Waals surface area contributed by atoms with E-state index < -0.39 is 0 Å². The molecular weight excluding hydrogens is 298 g/mol. The molecule has 7 heteroatoms. The van der Waals surface area contributed by atoms with Crippen LogP contribution in [0.2, 0.25) is 0 Å². The van der Waals surface area contributed by atoms with Gasteiger partial charge in [0.1, 0.15) is 10.7 Å². The average molecular weight is 317 g/mol. The number of hydrogen-bond donors (Lipinski definition) is 1. The van der Waals surface area contributed by atoms with E-state index in [0.717, 1.165) is 47.3 Å². The third-order valence-corrected chi connectivity index (χ3v) is 4.89. The van der Waals surface area contributed by atoms with Crippen LogP contribution in [0.4, 0.5) is 5.82 Å². The van der Waals surface area contributed by atoms with Crippen LogP contribution in [0, 0.1) is 13.8 Å². The van der Waals surface area contributed by atoms with E-state index in [4.69, 9.17) is 0 Å². The number of hydrogen-bond acceptors (Lipinski definition) is 6. The van der Waals surface area contributed by atoms with Crippen molar-refractivity contribution in [2.75, 3.05) is 18.0 Å². The van der Waals surface area contributed by atoms with Gasteiger partial charge in [-0.1, -0.05) is 0 Å². The van der Waals surface area contributed by atoms with E-state index in [1.165, 1.54) is 11.3 Å². The van der Waals surface area contributed by atoms with Crippen molar-refractivity contribution in [3.8, 4) is 0 Å². The second kappa shape index (κ2) is 6.39. The van der Waals surface area contributed by atoms with Crippen molar-refractivity contribution in [2.24, 2.45) is 0 Å². The lowest BCUT2D eigenvalue weighted by atomic mass is 10.0. The Morgan fingerprint density at radius 2 is 2.09 bits per heavy atom. The Kier molecular flexibility index (Phi) is 4.33. The maximum absolute atomic E-state index is 12.3. The third kappa shape index (κ3) is 3.24. The summed E-state index contributed by atoms with van der Waals surface area (Å²) in [4.78, 5) is 28.0. The summed E-state index contributed by atoms with van der Waals surface area (Å²) in [6, 6.07) is 0.210. The molecule has 0 bridgehead atoms. The monoisotopic (exact) mass is 317 g/mol. The van der Waals surface area contributed by atoms with Crippen LogP contribution >= 0.6 is 11.3 Å². The van der Waals surface area contributed by atoms with Gasteiger partial charge in [-0.05, 0) is 26.7 Å². The van der Waals surface area contributed by atoms with Crippen LogP contribution in [-0.4, -0.2) is 40.0 Å². The van der Waals surface area contributed by atoms with Crippen LogP contribution in [0.25, 0.3) is 0 Å². The molecule has 1 aliphatic rings. The number of rotatable bonds is 3. The summed E-state index contributed by atoms with van der Waals surface area (Å²) in [5.74, 6) is 0.905. The molecule has 0 spiro atoms. The molecule has 1 saturated heterocycles. The number of nitrogens with one attached hydrogen (secondary N) is 1. The first-order chi connectivity index (χ1) is 10.6. The highest BCUT2D eigenvalue weighted by Gasteiger charge is 2.23. The van der Waals surface area contributed by atoms with E-state index in [2.05, 4.69) is 25.2 Å². The van der Waals surface area contributed by atoms with Crippen molar-refractivity contribution in [1.82, 2.24) is 20.3 Å². The van der Waals surface area contributed by atoms with Crippen molar-refractivity contribution in [3.63, 3.8) is 0 Å². The van der Waals surface area contributed by atoms with Gasteiger partial charge in [0.25, 0.3) is 5.91 Å². The lowest BCUT2D eigenvalue weighted by Gasteiger charge is -2.32. The quantitative estimate of drug-likeness (QED) is 0.937. The molecule has 0 aliphatic carbocycles. The second-order valence-corrected chi connectivity index (χ2v) is 6.65. The van der Waals surface area contributed by atoms with Gasteiger partial charge < -0.3 is 10.2 Å². The topological polar surface area (TPSA) is 71.0 Å². The van der Waals surface area contributed by atoms with Crippen LogP contribution in [0.5, 0.6) is 0 Å². The number of aromatic nitrogens is 3. The normalized spacial score (nSPS) is 15.8. The highest BCUT2D eigenvalue weighted by Crippen LogP contribution is 2.20. The fourth-order valence-electron chi connectivity index (χ4n) is 2.70. The molecule has 0 radical (unpaired) electrons. The van der Waals surface area contributed by atoms with Crippen molar-refractivity contribution in [2.45, 2.75) is 32.7 Å². The average Bonchev–Trinajstić information content (AvgIpc) is 2.88. The molecule has 0 aromatic carbocycles. The smallest absolute Gasteiger partial charge is 0.263 e. The Balaban J connectivity index is 1.56. The SMILES string of the molecule is Cc1nc(C)c(C(=O)NC2CCN(c3cnccn3)CC2)s1. The first kappa shape index (κ1) is 14.9. The van der Waals surface area contributed by atoms with Crippen molar-refractivity contribution >= 4 is 23.1 Å². The number of anilines is 1. The predicted octanol–water partition coefficient (Wildman–Crippen LogP) is 1.95. The fourth-order valence-corrected chi connectivity index (χ4v) is 3.52. The maximum atomic E-state index is 12.3. The molecule has 2 aromatic rings. The first-order valence-electron chi connectivity index (χ1n) is 7.39. The number of amides is 1. The third-order valence-electron chi connectivity index (χ3n) is 3.81. The minimum atomic E-state index is 0.000975. The van der Waals surface area contributed by atoms with Gasteiger partial charge in [0.15, 0.2) is 0 Å². The summed E-state index contributed by atoms with van der Waals surface area (Å²) < 4.78 is 0. The van der Waals surface area contributed by atoms with E-state index in [0.29, 0.717) is 0 Å². The van der Waals surface area contributed by atoms with Gasteiger partial charge in [-0.25, -0.2) is 9.97 Å². The zero-order valence-electron chi connectivity index (χ0n) is 12.7. The number of aryl methyl sites for hydroxylation is 2. The van der Waals surface area contributed by atoms with E-state index in [-0.39, 0.29) is 11.9 Å². The summed E-state index contributed by atoms with van der Waals surface area (Å²) in [6.07, 6.45) is 6.99. The molecule has 2 aromatic heterocycles. The molecule has 1 amide bonds. The second-order valence-electron chi connectivity index (χ2n) is 5.45. The van der Waals surface area contributed by atoms with E-state index in [1.807, 2.05) is 13.8 Å². The fraction of sp³-hybridized carbons (Fsp3) is 0.467. The van der Waals surface area contributed by atoms with Crippen molar-refractivity contribution in [1.29, 1.82) is 0 Å². The van der Waals surface area contributed by atoms with Gasteiger partial charge >= 0.3 is 0 Å². The lowest BCUT2D eigenvalue weighted by Crippen LogP contribution is -2.45. The molecular formula is C15H19N5OS. The number of carbonyl (C=O) groups is 1. The summed E-state index contributed by atoms with van der Waals surface area (Å²) >= 11 is 1.46. The molecule has 116 valence electrons. The molecule has 1 fully saturated rings. The van der Waals surface area contributed by atoms with E-state index in [9.17, 15) is 4.79 Å². The molecule has 1 aliphatic heterocycles. The first-order valence-corrected chi connectivity index (χ1v) is 8.21. The Labute approximate surface area is 133 Å².